The van der Waals surface area contributed by atoms with Gasteiger partial charge in [-0.15, -0.1) is 0 Å². The van der Waals surface area contributed by atoms with E-state index in [-0.39, 0.29) is 0 Å². The lowest BCUT2D eigenvalue weighted by Crippen LogP contribution is -2.37. The molecule has 33 heavy (non-hydrogen) atoms. The first-order valence-corrected chi connectivity index (χ1v) is 14.2. The van der Waals surface area contributed by atoms with E-state index in [1.54, 1.807) is 4.31 Å². The number of hydrogen-bond donors (Lipinski definition) is 2. The lowest BCUT2D eigenvalue weighted by Gasteiger charge is -2.33. The zero-order chi connectivity index (χ0) is 23.8. The number of aromatic amines is 1. The molecular formula is C26H42N4O2S. The van der Waals surface area contributed by atoms with Crippen LogP contribution in [0.1, 0.15) is 78.2 Å². The molecule has 0 atom stereocenters. The van der Waals surface area contributed by atoms with Crippen molar-refractivity contribution in [2.24, 2.45) is 0 Å². The molecular weight excluding hydrogens is 432 g/mol. The highest BCUT2D eigenvalue weighted by molar-refractivity contribution is 7.90. The van der Waals surface area contributed by atoms with Crippen molar-refractivity contribution in [1.82, 2.24) is 14.2 Å². The van der Waals surface area contributed by atoms with E-state index in [4.69, 9.17) is 0 Å². The number of rotatable bonds is 13. The molecule has 0 spiro atoms. The van der Waals surface area contributed by atoms with Crippen LogP contribution in [-0.2, 0) is 10.2 Å². The summed E-state index contributed by atoms with van der Waals surface area (Å²) in [5.41, 5.74) is 4.18. The number of hydrogen-bond acceptors (Lipinski definition) is 3. The van der Waals surface area contributed by atoms with E-state index in [9.17, 15) is 8.42 Å². The van der Waals surface area contributed by atoms with Crippen LogP contribution in [0.15, 0.2) is 30.5 Å². The number of nitrogens with zero attached hydrogens (tertiary/aromatic N) is 2. The standard InChI is InChI=1S/C26H42N4O2S/c1-5-9-15-30(16-10-6-2)33(31,32)28-22-11-12-26-24(19-22)25(20-27-26)21-13-17-29(18-14-21)23(7-3)8-4/h11-13,19-20,23,27-28H,5-10,14-18H2,1-4H3. The van der Waals surface area contributed by atoms with E-state index in [1.807, 2.05) is 18.2 Å². The summed E-state index contributed by atoms with van der Waals surface area (Å²) in [7, 11) is -3.58. The fraction of sp³-hybridized carbons (Fsp3) is 0.615. The van der Waals surface area contributed by atoms with E-state index >= 15 is 0 Å². The average Bonchev–Trinajstić information content (AvgIpc) is 3.23. The summed E-state index contributed by atoms with van der Waals surface area (Å²) >= 11 is 0. The Hall–Kier alpha value is -1.83. The van der Waals surface area contributed by atoms with Crippen molar-refractivity contribution >= 4 is 32.4 Å². The van der Waals surface area contributed by atoms with Crippen LogP contribution in [0.5, 0.6) is 0 Å². The van der Waals surface area contributed by atoms with Crippen LogP contribution in [0, 0.1) is 0 Å². The third-order valence-electron chi connectivity index (χ3n) is 6.84. The molecule has 184 valence electrons. The van der Waals surface area contributed by atoms with Gasteiger partial charge in [0.05, 0.1) is 5.69 Å². The molecule has 1 aliphatic heterocycles. The fourth-order valence-corrected chi connectivity index (χ4v) is 6.04. The molecule has 7 heteroatoms. The van der Waals surface area contributed by atoms with Gasteiger partial charge in [-0.3, -0.25) is 9.62 Å². The second kappa shape index (κ2) is 12.0. The van der Waals surface area contributed by atoms with Crippen molar-refractivity contribution < 1.29 is 8.42 Å². The van der Waals surface area contributed by atoms with Gasteiger partial charge >= 0.3 is 10.2 Å². The van der Waals surface area contributed by atoms with Gasteiger partial charge in [-0.2, -0.15) is 12.7 Å². The van der Waals surface area contributed by atoms with Gasteiger partial charge in [-0.25, -0.2) is 0 Å². The highest BCUT2D eigenvalue weighted by atomic mass is 32.2. The average molecular weight is 475 g/mol. The smallest absolute Gasteiger partial charge is 0.301 e. The van der Waals surface area contributed by atoms with E-state index in [0.717, 1.165) is 56.1 Å². The quantitative estimate of drug-likeness (QED) is 0.374. The second-order valence-electron chi connectivity index (χ2n) is 9.12. The Morgan fingerprint density at radius 2 is 1.79 bits per heavy atom. The molecule has 6 nitrogen and oxygen atoms in total. The molecule has 0 saturated heterocycles. The molecule has 1 aromatic carbocycles. The normalized spacial score (nSPS) is 15.5. The molecule has 0 fully saturated rings. The van der Waals surface area contributed by atoms with Gasteiger partial charge in [0.15, 0.2) is 0 Å². The minimum Gasteiger partial charge on any atom is -0.361 e. The lowest BCUT2D eigenvalue weighted by atomic mass is 9.97. The molecule has 0 unspecified atom stereocenters. The van der Waals surface area contributed by atoms with Crippen LogP contribution in [0.3, 0.4) is 0 Å². The monoisotopic (exact) mass is 474 g/mol. The molecule has 1 aromatic heterocycles. The molecule has 0 aliphatic carbocycles. The fourth-order valence-electron chi connectivity index (χ4n) is 4.75. The first kappa shape index (κ1) is 25.8. The number of benzene rings is 1. The molecule has 2 aromatic rings. The highest BCUT2D eigenvalue weighted by Gasteiger charge is 2.23. The predicted molar refractivity (Wildman–Crippen MR) is 141 cm³/mol. The van der Waals surface area contributed by atoms with Gasteiger partial charge < -0.3 is 4.98 Å². The SMILES string of the molecule is CCCCN(CCCC)S(=O)(=O)Nc1ccc2[nH]cc(C3=CCN(C(CC)CC)CC3)c2c1. The Morgan fingerprint density at radius 3 is 2.36 bits per heavy atom. The van der Waals surface area contributed by atoms with Crippen molar-refractivity contribution in [3.8, 4) is 0 Å². The van der Waals surface area contributed by atoms with Gasteiger partial charge in [0.1, 0.15) is 0 Å². The van der Waals surface area contributed by atoms with Crippen LogP contribution in [0.25, 0.3) is 16.5 Å². The maximum atomic E-state index is 13.1. The molecule has 3 rings (SSSR count). The predicted octanol–water partition coefficient (Wildman–Crippen LogP) is 6.00. The molecule has 1 aliphatic rings. The van der Waals surface area contributed by atoms with E-state index in [0.29, 0.717) is 24.8 Å². The molecule has 2 heterocycles. The van der Waals surface area contributed by atoms with Gasteiger partial charge in [0.25, 0.3) is 0 Å². The zero-order valence-corrected chi connectivity index (χ0v) is 21.7. The molecule has 2 N–H and O–H groups in total. The Labute approximate surface area is 200 Å². The van der Waals surface area contributed by atoms with Crippen molar-refractivity contribution in [3.05, 3.63) is 36.0 Å². The van der Waals surface area contributed by atoms with Crippen molar-refractivity contribution in [2.75, 3.05) is 30.9 Å². The minimum absolute atomic E-state index is 0.559. The second-order valence-corrected chi connectivity index (χ2v) is 10.8. The Kier molecular flexibility index (Phi) is 9.41. The number of anilines is 1. The third kappa shape index (κ3) is 6.40. The Bertz CT molecular complexity index is 1020. The van der Waals surface area contributed by atoms with E-state index < -0.39 is 10.2 Å². The number of aromatic nitrogens is 1. The maximum absolute atomic E-state index is 13.1. The summed E-state index contributed by atoms with van der Waals surface area (Å²) in [6, 6.07) is 6.45. The largest absolute Gasteiger partial charge is 0.361 e. The topological polar surface area (TPSA) is 68.4 Å². The first-order chi connectivity index (χ1) is 15.9. The third-order valence-corrected chi connectivity index (χ3v) is 8.37. The highest BCUT2D eigenvalue weighted by Crippen LogP contribution is 2.32. The van der Waals surface area contributed by atoms with Crippen LogP contribution in [0.2, 0.25) is 0 Å². The van der Waals surface area contributed by atoms with Crippen molar-refractivity contribution in [2.45, 2.75) is 78.7 Å². The van der Waals surface area contributed by atoms with Gasteiger partial charge in [0.2, 0.25) is 0 Å². The van der Waals surface area contributed by atoms with Crippen molar-refractivity contribution in [1.29, 1.82) is 0 Å². The minimum atomic E-state index is -3.58. The van der Waals surface area contributed by atoms with Crippen LogP contribution < -0.4 is 4.72 Å². The summed E-state index contributed by atoms with van der Waals surface area (Å²) in [5.74, 6) is 0. The summed E-state index contributed by atoms with van der Waals surface area (Å²) in [4.78, 5) is 5.94. The number of unbranched alkanes of at least 4 members (excludes halogenated alkanes) is 2. The maximum Gasteiger partial charge on any atom is 0.301 e. The number of fused-ring (bicyclic) bond motifs is 1. The van der Waals surface area contributed by atoms with Crippen LogP contribution in [-0.4, -0.2) is 54.8 Å². The molecule has 0 saturated carbocycles. The first-order valence-electron chi connectivity index (χ1n) is 12.8. The Morgan fingerprint density at radius 1 is 1.09 bits per heavy atom. The van der Waals surface area contributed by atoms with Crippen LogP contribution >= 0.6 is 0 Å². The molecule has 0 radical (unpaired) electrons. The molecule has 0 bridgehead atoms. The summed E-state index contributed by atoms with van der Waals surface area (Å²) in [5, 5.41) is 1.08. The van der Waals surface area contributed by atoms with Crippen molar-refractivity contribution in [3.63, 3.8) is 0 Å². The van der Waals surface area contributed by atoms with Gasteiger partial charge in [0, 0.05) is 54.9 Å². The summed E-state index contributed by atoms with van der Waals surface area (Å²) < 4.78 is 30.7. The molecule has 0 amide bonds. The number of nitrogens with one attached hydrogen (secondary N) is 2. The zero-order valence-electron chi connectivity index (χ0n) is 20.9. The summed E-state index contributed by atoms with van der Waals surface area (Å²) in [6.07, 6.45) is 11.5. The summed E-state index contributed by atoms with van der Waals surface area (Å²) in [6.45, 7) is 11.9. The Balaban J connectivity index is 1.81. The number of H-pyrrole nitrogens is 1. The van der Waals surface area contributed by atoms with Gasteiger partial charge in [-0.05, 0) is 55.9 Å². The van der Waals surface area contributed by atoms with E-state index in [2.05, 4.69) is 54.6 Å². The van der Waals surface area contributed by atoms with E-state index in [1.165, 1.54) is 24.0 Å². The van der Waals surface area contributed by atoms with Crippen LogP contribution in [0.4, 0.5) is 5.69 Å². The lowest BCUT2D eigenvalue weighted by molar-refractivity contribution is 0.205. The van der Waals surface area contributed by atoms with Gasteiger partial charge in [-0.1, -0.05) is 46.6 Å².